The third-order valence-electron chi connectivity index (χ3n) is 4.53. The van der Waals surface area contributed by atoms with Gasteiger partial charge >= 0.3 is 0 Å². The van der Waals surface area contributed by atoms with Crippen LogP contribution >= 0.6 is 0 Å². The lowest BCUT2D eigenvalue weighted by molar-refractivity contribution is 0.464. The maximum absolute atomic E-state index is 11.9. The molecule has 26 heavy (non-hydrogen) atoms. The molecule has 1 aromatic heterocycles. The quantitative estimate of drug-likeness (QED) is 0.813. The molecule has 0 unspecified atom stereocenters. The van der Waals surface area contributed by atoms with Crippen molar-refractivity contribution in [1.29, 1.82) is 0 Å². The van der Waals surface area contributed by atoms with E-state index in [0.717, 1.165) is 41.8 Å². The molecule has 0 amide bonds. The Morgan fingerprint density at radius 1 is 1.08 bits per heavy atom. The molecule has 0 saturated carbocycles. The Morgan fingerprint density at radius 3 is 2.69 bits per heavy atom. The smallest absolute Gasteiger partial charge is 0.223 e. The summed E-state index contributed by atoms with van der Waals surface area (Å²) in [5.41, 5.74) is 3.81. The average molecular weight is 347 g/mol. The van der Waals surface area contributed by atoms with Crippen LogP contribution in [0.2, 0.25) is 0 Å². The number of allylic oxidation sites excluding steroid dienone is 12. The zero-order valence-electron chi connectivity index (χ0n) is 15.4. The van der Waals surface area contributed by atoms with E-state index in [-0.39, 0.29) is 17.1 Å². The zero-order chi connectivity index (χ0) is 18.5. The maximum Gasteiger partial charge on any atom is 0.223 e. The van der Waals surface area contributed by atoms with E-state index in [0.29, 0.717) is 0 Å². The maximum atomic E-state index is 11.9. The number of nitrogens with zero attached hydrogens (tertiary/aromatic N) is 1. The Labute approximate surface area is 154 Å². The number of pyridine rings is 1. The Hall–Kier alpha value is -2.81. The van der Waals surface area contributed by atoms with Crippen LogP contribution in [-0.4, -0.2) is 9.67 Å². The van der Waals surface area contributed by atoms with E-state index in [2.05, 4.69) is 68.5 Å². The van der Waals surface area contributed by atoms with E-state index in [1.807, 2.05) is 4.57 Å². The third-order valence-corrected chi connectivity index (χ3v) is 4.53. The summed E-state index contributed by atoms with van der Waals surface area (Å²) in [6.07, 6.45) is 23.6. The van der Waals surface area contributed by atoms with Gasteiger partial charge in [0.15, 0.2) is 5.75 Å². The Balaban J connectivity index is 2.14. The molecular formula is C23H25NO2. The minimum atomic E-state index is -0.333. The fourth-order valence-corrected chi connectivity index (χ4v) is 3.13. The van der Waals surface area contributed by atoms with Crippen LogP contribution in [0.25, 0.3) is 5.70 Å². The predicted octanol–water partition coefficient (Wildman–Crippen LogP) is 5.24. The highest BCUT2D eigenvalue weighted by atomic mass is 16.3. The minimum absolute atomic E-state index is 0.168. The van der Waals surface area contributed by atoms with Crippen LogP contribution in [0.15, 0.2) is 82.9 Å². The van der Waals surface area contributed by atoms with Crippen molar-refractivity contribution in [3.63, 3.8) is 0 Å². The van der Waals surface area contributed by atoms with E-state index in [4.69, 9.17) is 0 Å². The minimum Gasteiger partial charge on any atom is -0.503 e. The van der Waals surface area contributed by atoms with E-state index < -0.39 is 0 Å². The second-order valence-electron chi connectivity index (χ2n) is 6.87. The first-order valence-electron chi connectivity index (χ1n) is 9.14. The molecule has 1 heterocycles. The molecule has 0 spiro atoms. The number of hydrogen-bond acceptors (Lipinski definition) is 2. The van der Waals surface area contributed by atoms with Gasteiger partial charge in [0.2, 0.25) is 5.43 Å². The molecule has 3 nitrogen and oxygen atoms in total. The van der Waals surface area contributed by atoms with Crippen LogP contribution in [0, 0.1) is 0 Å². The van der Waals surface area contributed by atoms with Crippen LogP contribution in [0.5, 0.6) is 5.75 Å². The van der Waals surface area contributed by atoms with Gasteiger partial charge in [-0.15, -0.1) is 0 Å². The summed E-state index contributed by atoms with van der Waals surface area (Å²) in [7, 11) is 0. The molecule has 0 fully saturated rings. The summed E-state index contributed by atoms with van der Waals surface area (Å²) in [5.74, 6) is -0.0543. The van der Waals surface area contributed by atoms with Gasteiger partial charge in [-0.25, -0.2) is 0 Å². The van der Waals surface area contributed by atoms with Crippen molar-refractivity contribution in [2.24, 2.45) is 0 Å². The number of aromatic nitrogens is 1. The van der Waals surface area contributed by atoms with Gasteiger partial charge in [0, 0.05) is 17.5 Å². The van der Waals surface area contributed by atoms with Crippen molar-refractivity contribution in [3.05, 3.63) is 94.0 Å². The molecule has 3 rings (SSSR count). The highest BCUT2D eigenvalue weighted by molar-refractivity contribution is 5.66. The molecule has 1 N–H and O–H groups in total. The van der Waals surface area contributed by atoms with Gasteiger partial charge < -0.3 is 9.67 Å². The van der Waals surface area contributed by atoms with Crippen molar-refractivity contribution in [1.82, 2.24) is 4.57 Å². The highest BCUT2D eigenvalue weighted by Gasteiger charge is 2.13. The van der Waals surface area contributed by atoms with E-state index in [9.17, 15) is 9.90 Å². The van der Waals surface area contributed by atoms with Gasteiger partial charge in [0.25, 0.3) is 0 Å². The average Bonchev–Trinajstić information content (AvgIpc) is 2.86. The normalized spacial score (nSPS) is 17.3. The second kappa shape index (κ2) is 8.05. The van der Waals surface area contributed by atoms with Gasteiger partial charge in [-0.3, -0.25) is 4.79 Å². The topological polar surface area (TPSA) is 42.2 Å². The van der Waals surface area contributed by atoms with Crippen molar-refractivity contribution in [2.75, 3.05) is 0 Å². The molecule has 0 radical (unpaired) electrons. The van der Waals surface area contributed by atoms with Gasteiger partial charge in [0.05, 0.1) is 6.20 Å². The number of rotatable bonds is 3. The Bertz CT molecular complexity index is 918. The molecule has 2 aliphatic rings. The summed E-state index contributed by atoms with van der Waals surface area (Å²) in [5, 5.41) is 9.99. The predicted molar refractivity (Wildman–Crippen MR) is 108 cm³/mol. The number of aromatic hydroxyl groups is 1. The zero-order valence-corrected chi connectivity index (χ0v) is 15.4. The highest BCUT2D eigenvalue weighted by Crippen LogP contribution is 2.26. The van der Waals surface area contributed by atoms with E-state index >= 15 is 0 Å². The molecule has 0 saturated heterocycles. The molecular weight excluding hydrogens is 322 g/mol. The SMILES string of the molecule is CC(C)c1cc(=O)c(O)cn1C1=CCCC=CC(C2=CC=CCC=C2)=C1. The largest absolute Gasteiger partial charge is 0.503 e. The standard InChI is InChI=1S/C23H25NO2/c1-17(2)21-15-22(25)23(26)16-24(21)20-13-9-5-8-12-19(14-20)18-10-6-3-4-7-11-18/h3,6-8,10-17,26H,4-5,9H2,1-2H3. The molecule has 0 aliphatic heterocycles. The molecule has 0 bridgehead atoms. The van der Waals surface area contributed by atoms with Crippen molar-refractivity contribution in [3.8, 4) is 5.75 Å². The molecule has 1 aromatic rings. The fourth-order valence-electron chi connectivity index (χ4n) is 3.13. The van der Waals surface area contributed by atoms with Crippen LogP contribution in [0.1, 0.15) is 44.7 Å². The van der Waals surface area contributed by atoms with Crippen LogP contribution in [-0.2, 0) is 0 Å². The second-order valence-corrected chi connectivity index (χ2v) is 6.87. The van der Waals surface area contributed by atoms with Crippen molar-refractivity contribution < 1.29 is 5.11 Å². The van der Waals surface area contributed by atoms with Gasteiger partial charge in [-0.2, -0.15) is 0 Å². The lowest BCUT2D eigenvalue weighted by atomic mass is 10.00. The summed E-state index contributed by atoms with van der Waals surface area (Å²) in [6, 6.07) is 1.54. The fraction of sp³-hybridized carbons (Fsp3) is 0.261. The van der Waals surface area contributed by atoms with Crippen molar-refractivity contribution in [2.45, 2.75) is 39.0 Å². The van der Waals surface area contributed by atoms with Crippen LogP contribution in [0.3, 0.4) is 0 Å². The monoisotopic (exact) mass is 347 g/mol. The summed E-state index contributed by atoms with van der Waals surface area (Å²) in [6.45, 7) is 4.11. The molecule has 2 aliphatic carbocycles. The van der Waals surface area contributed by atoms with Crippen LogP contribution < -0.4 is 5.43 Å². The van der Waals surface area contributed by atoms with Crippen LogP contribution in [0.4, 0.5) is 0 Å². The number of hydrogen-bond donors (Lipinski definition) is 1. The third kappa shape index (κ3) is 4.05. The van der Waals surface area contributed by atoms with Crippen molar-refractivity contribution >= 4 is 5.70 Å². The summed E-state index contributed by atoms with van der Waals surface area (Å²) in [4.78, 5) is 11.9. The Morgan fingerprint density at radius 2 is 1.88 bits per heavy atom. The first-order valence-corrected chi connectivity index (χ1v) is 9.14. The van der Waals surface area contributed by atoms with Gasteiger partial charge in [-0.1, -0.05) is 62.5 Å². The first kappa shape index (κ1) is 18.0. The lowest BCUT2D eigenvalue weighted by Crippen LogP contribution is -2.13. The molecule has 0 aromatic carbocycles. The molecule has 0 atom stereocenters. The summed E-state index contributed by atoms with van der Waals surface area (Å²) < 4.78 is 1.94. The molecule has 134 valence electrons. The lowest BCUT2D eigenvalue weighted by Gasteiger charge is -2.19. The molecule has 3 heteroatoms. The van der Waals surface area contributed by atoms with Gasteiger partial charge in [0.1, 0.15) is 0 Å². The van der Waals surface area contributed by atoms with E-state index in [1.165, 1.54) is 6.07 Å². The summed E-state index contributed by atoms with van der Waals surface area (Å²) >= 11 is 0. The van der Waals surface area contributed by atoms with Gasteiger partial charge in [-0.05, 0) is 42.4 Å². The first-order chi connectivity index (χ1) is 12.6. The Kier molecular flexibility index (Phi) is 5.57. The van der Waals surface area contributed by atoms with E-state index in [1.54, 1.807) is 6.20 Å².